The molecule has 128 valence electrons. The number of rotatable bonds is 3. The number of hydrogen-bond acceptors (Lipinski definition) is 6. The zero-order valence-electron chi connectivity index (χ0n) is 13.7. The number of amides is 1. The summed E-state index contributed by atoms with van der Waals surface area (Å²) in [6.45, 7) is 7.04. The maximum absolute atomic E-state index is 12.4. The SMILES string of the molecule is O=C(CN1CCN(c2snc3ccccc23)CC1)N1CCOCC1. The second-order valence-corrected chi connectivity index (χ2v) is 7.01. The number of morpholine rings is 1. The third-order valence-electron chi connectivity index (χ3n) is 4.75. The average Bonchev–Trinajstić information content (AvgIpc) is 3.07. The minimum Gasteiger partial charge on any atom is -0.378 e. The molecule has 2 saturated heterocycles. The van der Waals surface area contributed by atoms with Crippen LogP contribution in [0.1, 0.15) is 0 Å². The molecule has 2 aliphatic heterocycles. The van der Waals surface area contributed by atoms with Gasteiger partial charge in [-0.3, -0.25) is 9.69 Å². The van der Waals surface area contributed by atoms with E-state index in [0.29, 0.717) is 19.8 Å². The molecule has 0 saturated carbocycles. The molecule has 1 aromatic carbocycles. The number of nitrogens with zero attached hydrogens (tertiary/aromatic N) is 4. The van der Waals surface area contributed by atoms with E-state index in [0.717, 1.165) is 44.8 Å². The minimum absolute atomic E-state index is 0.231. The van der Waals surface area contributed by atoms with E-state index in [1.54, 1.807) is 11.5 Å². The number of hydrogen-bond donors (Lipinski definition) is 0. The van der Waals surface area contributed by atoms with Crippen molar-refractivity contribution in [3.05, 3.63) is 24.3 Å². The lowest BCUT2D eigenvalue weighted by atomic mass is 10.2. The van der Waals surface area contributed by atoms with Gasteiger partial charge in [0.05, 0.1) is 25.3 Å². The van der Waals surface area contributed by atoms with Gasteiger partial charge >= 0.3 is 0 Å². The highest BCUT2D eigenvalue weighted by atomic mass is 32.1. The lowest BCUT2D eigenvalue weighted by Gasteiger charge is -2.36. The van der Waals surface area contributed by atoms with Crippen molar-refractivity contribution in [1.29, 1.82) is 0 Å². The first-order valence-corrected chi connectivity index (χ1v) is 9.26. The maximum Gasteiger partial charge on any atom is 0.236 e. The Hall–Kier alpha value is -1.70. The molecule has 0 radical (unpaired) electrons. The molecule has 1 amide bonds. The Morgan fingerprint density at radius 1 is 1.08 bits per heavy atom. The highest BCUT2D eigenvalue weighted by molar-refractivity contribution is 7.11. The Bertz CT molecular complexity index is 705. The van der Waals surface area contributed by atoms with Crippen molar-refractivity contribution in [1.82, 2.24) is 14.2 Å². The Morgan fingerprint density at radius 2 is 1.83 bits per heavy atom. The number of carbonyl (C=O) groups is 1. The van der Waals surface area contributed by atoms with Crippen molar-refractivity contribution in [3.8, 4) is 0 Å². The molecule has 0 aliphatic carbocycles. The number of carbonyl (C=O) groups excluding carboxylic acids is 1. The first-order chi connectivity index (χ1) is 11.8. The van der Waals surface area contributed by atoms with E-state index in [-0.39, 0.29) is 5.91 Å². The van der Waals surface area contributed by atoms with Crippen LogP contribution in [0.15, 0.2) is 24.3 Å². The number of piperazine rings is 1. The van der Waals surface area contributed by atoms with Crippen LogP contribution in [0.3, 0.4) is 0 Å². The van der Waals surface area contributed by atoms with E-state index in [1.165, 1.54) is 10.4 Å². The lowest BCUT2D eigenvalue weighted by Crippen LogP contribution is -2.51. The molecule has 0 bridgehead atoms. The second-order valence-electron chi connectivity index (χ2n) is 6.26. The van der Waals surface area contributed by atoms with Gasteiger partial charge in [-0.1, -0.05) is 12.1 Å². The molecule has 24 heavy (non-hydrogen) atoms. The van der Waals surface area contributed by atoms with Gasteiger partial charge in [-0.2, -0.15) is 4.37 Å². The van der Waals surface area contributed by atoms with Gasteiger partial charge in [0, 0.05) is 44.7 Å². The van der Waals surface area contributed by atoms with Gasteiger partial charge in [-0.15, -0.1) is 0 Å². The molecule has 7 heteroatoms. The molecule has 2 aliphatic rings. The van der Waals surface area contributed by atoms with Crippen LogP contribution in [0.4, 0.5) is 5.00 Å². The van der Waals surface area contributed by atoms with Crippen LogP contribution < -0.4 is 4.90 Å². The summed E-state index contributed by atoms with van der Waals surface area (Å²) in [4.78, 5) is 18.9. The maximum atomic E-state index is 12.4. The summed E-state index contributed by atoms with van der Waals surface area (Å²) in [5.41, 5.74) is 1.07. The topological polar surface area (TPSA) is 48.9 Å². The van der Waals surface area contributed by atoms with Crippen LogP contribution in [0, 0.1) is 0 Å². The molecule has 0 spiro atoms. The van der Waals surface area contributed by atoms with Gasteiger partial charge in [-0.05, 0) is 23.7 Å². The van der Waals surface area contributed by atoms with Gasteiger partial charge in [0.1, 0.15) is 5.00 Å². The Morgan fingerprint density at radius 3 is 2.62 bits per heavy atom. The number of benzene rings is 1. The summed E-state index contributed by atoms with van der Waals surface area (Å²) in [6, 6.07) is 8.30. The third-order valence-corrected chi connectivity index (χ3v) is 5.69. The molecule has 2 fully saturated rings. The summed E-state index contributed by atoms with van der Waals surface area (Å²) in [5, 5.41) is 2.49. The van der Waals surface area contributed by atoms with Gasteiger partial charge in [0.25, 0.3) is 0 Å². The second kappa shape index (κ2) is 7.04. The van der Waals surface area contributed by atoms with Crippen molar-refractivity contribution >= 4 is 33.3 Å². The molecule has 0 atom stereocenters. The fourth-order valence-corrected chi connectivity index (χ4v) is 4.23. The number of aromatic nitrogens is 1. The Labute approximate surface area is 145 Å². The summed E-state index contributed by atoms with van der Waals surface area (Å²) in [5.74, 6) is 0.231. The summed E-state index contributed by atoms with van der Waals surface area (Å²) in [6.07, 6.45) is 0. The van der Waals surface area contributed by atoms with Crippen LogP contribution in [0.5, 0.6) is 0 Å². The predicted molar refractivity (Wildman–Crippen MR) is 95.7 cm³/mol. The van der Waals surface area contributed by atoms with Gasteiger partial charge < -0.3 is 14.5 Å². The van der Waals surface area contributed by atoms with Crippen LogP contribution in [-0.4, -0.2) is 79.1 Å². The van der Waals surface area contributed by atoms with Crippen molar-refractivity contribution in [2.75, 3.05) is 63.9 Å². The van der Waals surface area contributed by atoms with Crippen molar-refractivity contribution in [2.45, 2.75) is 0 Å². The van der Waals surface area contributed by atoms with E-state index in [1.807, 2.05) is 11.0 Å². The molecular formula is C17H22N4O2S. The van der Waals surface area contributed by atoms with Crippen molar-refractivity contribution in [3.63, 3.8) is 0 Å². The van der Waals surface area contributed by atoms with Crippen LogP contribution >= 0.6 is 11.5 Å². The molecule has 3 heterocycles. The molecule has 6 nitrogen and oxygen atoms in total. The zero-order valence-corrected chi connectivity index (χ0v) is 14.5. The summed E-state index contributed by atoms with van der Waals surface area (Å²) >= 11 is 1.58. The van der Waals surface area contributed by atoms with Crippen molar-refractivity contribution < 1.29 is 9.53 Å². The first kappa shape index (κ1) is 15.8. The fraction of sp³-hybridized carbons (Fsp3) is 0.529. The van der Waals surface area contributed by atoms with E-state index < -0.39 is 0 Å². The monoisotopic (exact) mass is 346 g/mol. The smallest absolute Gasteiger partial charge is 0.236 e. The quantitative estimate of drug-likeness (QED) is 0.838. The summed E-state index contributed by atoms with van der Waals surface area (Å²) < 4.78 is 9.85. The largest absolute Gasteiger partial charge is 0.378 e. The van der Waals surface area contributed by atoms with E-state index in [4.69, 9.17) is 4.74 Å². The average molecular weight is 346 g/mol. The zero-order chi connectivity index (χ0) is 16.4. The van der Waals surface area contributed by atoms with Gasteiger partial charge in [0.15, 0.2) is 0 Å². The van der Waals surface area contributed by atoms with Gasteiger partial charge in [0.2, 0.25) is 5.91 Å². The number of fused-ring (bicyclic) bond motifs is 1. The van der Waals surface area contributed by atoms with Crippen LogP contribution in [0.25, 0.3) is 10.9 Å². The van der Waals surface area contributed by atoms with Crippen LogP contribution in [-0.2, 0) is 9.53 Å². The van der Waals surface area contributed by atoms with E-state index >= 15 is 0 Å². The summed E-state index contributed by atoms with van der Waals surface area (Å²) in [7, 11) is 0. The molecule has 2 aromatic rings. The minimum atomic E-state index is 0.231. The normalized spacial score (nSPS) is 19.8. The Balaban J connectivity index is 1.34. The standard InChI is InChI=1S/C17H22N4O2S/c22-16(20-9-11-23-12-10-20)13-19-5-7-21(8-6-19)17-14-3-1-2-4-15(14)18-24-17/h1-4H,5-13H2. The fourth-order valence-electron chi connectivity index (χ4n) is 3.32. The molecule has 0 N–H and O–H groups in total. The first-order valence-electron chi connectivity index (χ1n) is 8.48. The highest BCUT2D eigenvalue weighted by Gasteiger charge is 2.24. The van der Waals surface area contributed by atoms with Gasteiger partial charge in [-0.25, -0.2) is 0 Å². The molecule has 1 aromatic heterocycles. The third kappa shape index (κ3) is 3.24. The molecule has 4 rings (SSSR count). The highest BCUT2D eigenvalue weighted by Crippen LogP contribution is 2.31. The Kier molecular flexibility index (Phi) is 4.64. The number of ether oxygens (including phenoxy) is 1. The van der Waals surface area contributed by atoms with E-state index in [9.17, 15) is 4.79 Å². The number of anilines is 1. The predicted octanol–water partition coefficient (Wildman–Crippen LogP) is 1.28. The van der Waals surface area contributed by atoms with Crippen molar-refractivity contribution in [2.24, 2.45) is 0 Å². The molecular weight excluding hydrogens is 324 g/mol. The lowest BCUT2D eigenvalue weighted by molar-refractivity contribution is -0.136. The van der Waals surface area contributed by atoms with Crippen LogP contribution in [0.2, 0.25) is 0 Å². The molecule has 0 unspecified atom stereocenters. The van der Waals surface area contributed by atoms with E-state index in [2.05, 4.69) is 32.4 Å².